The summed E-state index contributed by atoms with van der Waals surface area (Å²) in [6, 6.07) is 3.65. The van der Waals surface area contributed by atoms with Gasteiger partial charge in [0, 0.05) is 11.0 Å². The Bertz CT molecular complexity index is 1060. The molecule has 8 nitrogen and oxygen atoms in total. The zero-order valence-corrected chi connectivity index (χ0v) is 15.9. The van der Waals surface area contributed by atoms with E-state index < -0.39 is 11.2 Å². The first-order valence-electron chi connectivity index (χ1n) is 7.24. The number of aromatic nitrogens is 3. The minimum absolute atomic E-state index is 0.243. The highest BCUT2D eigenvalue weighted by atomic mass is 79.9. The number of ether oxygens (including phenoxy) is 2. The number of hydrogen-bond acceptors (Lipinski definition) is 7. The molecule has 0 atom stereocenters. The molecule has 0 bridgehead atoms. The highest BCUT2D eigenvalue weighted by Crippen LogP contribution is 2.33. The van der Waals surface area contributed by atoms with Crippen molar-refractivity contribution in [3.05, 3.63) is 43.0 Å². The third-order valence-corrected chi connectivity index (χ3v) is 5.32. The molecule has 0 saturated heterocycles. The SMILES string of the molecule is COc1cc(Br)c(CCn2c(=O)[nH]c(=O)c3sc(N)nc32)cc1OC. The van der Waals surface area contributed by atoms with Gasteiger partial charge in [0.15, 0.2) is 22.3 Å². The Morgan fingerprint density at radius 2 is 1.96 bits per heavy atom. The van der Waals surface area contributed by atoms with Crippen LogP contribution in [0.4, 0.5) is 5.13 Å². The smallest absolute Gasteiger partial charge is 0.330 e. The number of methoxy groups -OCH3 is 2. The third kappa shape index (κ3) is 3.27. The van der Waals surface area contributed by atoms with Crippen molar-refractivity contribution in [2.45, 2.75) is 13.0 Å². The number of aromatic amines is 1. The second kappa shape index (κ2) is 6.89. The Morgan fingerprint density at radius 1 is 1.28 bits per heavy atom. The van der Waals surface area contributed by atoms with Crippen LogP contribution in [0.15, 0.2) is 26.2 Å². The molecule has 25 heavy (non-hydrogen) atoms. The van der Waals surface area contributed by atoms with Gasteiger partial charge in [0.2, 0.25) is 0 Å². The summed E-state index contributed by atoms with van der Waals surface area (Å²) in [4.78, 5) is 30.4. The average Bonchev–Trinajstić information content (AvgIpc) is 2.97. The van der Waals surface area contributed by atoms with Crippen molar-refractivity contribution >= 4 is 42.7 Å². The molecule has 1 aromatic carbocycles. The van der Waals surface area contributed by atoms with E-state index in [0.29, 0.717) is 34.8 Å². The largest absolute Gasteiger partial charge is 0.493 e. The van der Waals surface area contributed by atoms with Crippen LogP contribution in [0.2, 0.25) is 0 Å². The maximum Gasteiger partial charge on any atom is 0.330 e. The van der Waals surface area contributed by atoms with Gasteiger partial charge in [0.25, 0.3) is 5.56 Å². The topological polar surface area (TPSA) is 112 Å². The molecule has 0 fully saturated rings. The quantitative estimate of drug-likeness (QED) is 0.642. The molecule has 0 unspecified atom stereocenters. The fraction of sp³-hybridized carbons (Fsp3) is 0.267. The molecular formula is C15H15BrN4O4S. The lowest BCUT2D eigenvalue weighted by Crippen LogP contribution is -2.30. The number of thiazole rings is 1. The summed E-state index contributed by atoms with van der Waals surface area (Å²) < 4.78 is 13.1. The molecule has 2 heterocycles. The number of nitrogen functional groups attached to an aromatic ring is 1. The van der Waals surface area contributed by atoms with Crippen LogP contribution >= 0.6 is 27.3 Å². The molecule has 0 radical (unpaired) electrons. The zero-order chi connectivity index (χ0) is 18.1. The van der Waals surface area contributed by atoms with Gasteiger partial charge in [-0.3, -0.25) is 14.3 Å². The molecule has 10 heteroatoms. The summed E-state index contributed by atoms with van der Waals surface area (Å²) in [5.41, 5.74) is 5.91. The molecular weight excluding hydrogens is 412 g/mol. The van der Waals surface area contributed by atoms with Crippen LogP contribution in [0, 0.1) is 0 Å². The van der Waals surface area contributed by atoms with E-state index in [1.165, 1.54) is 4.57 Å². The third-order valence-electron chi connectivity index (χ3n) is 3.71. The molecule has 3 rings (SSSR count). The fourth-order valence-corrected chi connectivity index (χ4v) is 3.76. The number of benzene rings is 1. The number of nitrogens with one attached hydrogen (secondary N) is 1. The van der Waals surface area contributed by atoms with Crippen molar-refractivity contribution in [3.63, 3.8) is 0 Å². The van der Waals surface area contributed by atoms with Crippen LogP contribution in [0.3, 0.4) is 0 Å². The van der Waals surface area contributed by atoms with Gasteiger partial charge in [-0.2, -0.15) is 0 Å². The lowest BCUT2D eigenvalue weighted by Gasteiger charge is -2.12. The summed E-state index contributed by atoms with van der Waals surface area (Å²) >= 11 is 4.55. The van der Waals surface area contributed by atoms with Gasteiger partial charge >= 0.3 is 5.69 Å². The standard InChI is InChI=1S/C15H15BrN4O4S/c1-23-9-5-7(8(16)6-10(9)24-2)3-4-20-12-11(25-14(17)18-12)13(21)19-15(20)22/h5-6H,3-4H2,1-2H3,(H2,17,18)(H,19,21,22). The lowest BCUT2D eigenvalue weighted by atomic mass is 10.1. The number of nitrogens with zero attached hydrogens (tertiary/aromatic N) is 2. The maximum atomic E-state index is 12.2. The number of halogens is 1. The Morgan fingerprint density at radius 3 is 2.64 bits per heavy atom. The number of aryl methyl sites for hydroxylation is 2. The molecule has 0 amide bonds. The van der Waals surface area contributed by atoms with Crippen molar-refractivity contribution < 1.29 is 9.47 Å². The number of H-pyrrole nitrogens is 1. The van der Waals surface area contributed by atoms with E-state index in [9.17, 15) is 9.59 Å². The molecule has 0 aliphatic rings. The highest BCUT2D eigenvalue weighted by molar-refractivity contribution is 9.10. The molecule has 0 spiro atoms. The zero-order valence-electron chi connectivity index (χ0n) is 13.5. The Hall–Kier alpha value is -2.33. The first kappa shape index (κ1) is 17.5. The molecule has 0 saturated carbocycles. The van der Waals surface area contributed by atoms with Gasteiger partial charge in [0.05, 0.1) is 14.2 Å². The van der Waals surface area contributed by atoms with E-state index >= 15 is 0 Å². The summed E-state index contributed by atoms with van der Waals surface area (Å²) in [6.45, 7) is 0.323. The van der Waals surface area contributed by atoms with Crippen molar-refractivity contribution in [2.75, 3.05) is 20.0 Å². The van der Waals surface area contributed by atoms with Crippen molar-refractivity contribution in [1.82, 2.24) is 14.5 Å². The molecule has 0 aliphatic carbocycles. The van der Waals surface area contributed by atoms with Crippen LogP contribution in [-0.2, 0) is 13.0 Å². The predicted molar refractivity (Wildman–Crippen MR) is 99.9 cm³/mol. The number of nitrogens with two attached hydrogens (primary N) is 1. The van der Waals surface area contributed by atoms with Gasteiger partial charge in [-0.25, -0.2) is 9.78 Å². The Balaban J connectivity index is 1.99. The van der Waals surface area contributed by atoms with Crippen LogP contribution < -0.4 is 26.5 Å². The van der Waals surface area contributed by atoms with E-state index in [1.54, 1.807) is 20.3 Å². The first-order valence-corrected chi connectivity index (χ1v) is 8.85. The minimum Gasteiger partial charge on any atom is -0.493 e. The number of rotatable bonds is 5. The summed E-state index contributed by atoms with van der Waals surface area (Å²) in [5.74, 6) is 1.20. The van der Waals surface area contributed by atoms with Gasteiger partial charge in [-0.15, -0.1) is 0 Å². The van der Waals surface area contributed by atoms with Crippen LogP contribution in [-0.4, -0.2) is 28.8 Å². The van der Waals surface area contributed by atoms with E-state index in [-0.39, 0.29) is 5.13 Å². The van der Waals surface area contributed by atoms with Gasteiger partial charge in [-0.1, -0.05) is 27.3 Å². The Kier molecular flexibility index (Phi) is 4.82. The van der Waals surface area contributed by atoms with Gasteiger partial charge in [0.1, 0.15) is 4.70 Å². The number of fused-ring (bicyclic) bond motifs is 1. The summed E-state index contributed by atoms with van der Waals surface area (Å²) in [7, 11) is 3.12. The predicted octanol–water partition coefficient (Wildman–Crippen LogP) is 1.75. The number of hydrogen-bond donors (Lipinski definition) is 2. The van der Waals surface area contributed by atoms with Crippen molar-refractivity contribution in [1.29, 1.82) is 0 Å². The lowest BCUT2D eigenvalue weighted by molar-refractivity contribution is 0.354. The van der Waals surface area contributed by atoms with Crippen molar-refractivity contribution in [2.24, 2.45) is 0 Å². The average molecular weight is 427 g/mol. The van der Waals surface area contributed by atoms with E-state index in [4.69, 9.17) is 15.2 Å². The summed E-state index contributed by atoms with van der Waals surface area (Å²) in [5, 5.41) is 0.243. The number of anilines is 1. The summed E-state index contributed by atoms with van der Waals surface area (Å²) in [6.07, 6.45) is 0.513. The molecule has 0 aliphatic heterocycles. The van der Waals surface area contributed by atoms with E-state index in [2.05, 4.69) is 25.9 Å². The molecule has 2 aromatic heterocycles. The van der Waals surface area contributed by atoms with Crippen LogP contribution in [0.1, 0.15) is 5.56 Å². The molecule has 132 valence electrons. The van der Waals surface area contributed by atoms with Crippen molar-refractivity contribution in [3.8, 4) is 11.5 Å². The van der Waals surface area contributed by atoms with Crippen LogP contribution in [0.25, 0.3) is 10.3 Å². The highest BCUT2D eigenvalue weighted by Gasteiger charge is 2.14. The van der Waals surface area contributed by atoms with Gasteiger partial charge in [-0.05, 0) is 24.1 Å². The van der Waals surface area contributed by atoms with Gasteiger partial charge < -0.3 is 15.2 Å². The van der Waals surface area contributed by atoms with E-state index in [1.807, 2.05) is 6.07 Å². The normalized spacial score (nSPS) is 11.0. The Labute approximate surface area is 154 Å². The second-order valence-electron chi connectivity index (χ2n) is 5.16. The first-order chi connectivity index (χ1) is 11.9. The van der Waals surface area contributed by atoms with Crippen LogP contribution in [0.5, 0.6) is 11.5 Å². The molecule has 3 N–H and O–H groups in total. The molecule has 3 aromatic rings. The fourth-order valence-electron chi connectivity index (χ4n) is 2.50. The minimum atomic E-state index is -0.514. The monoisotopic (exact) mass is 426 g/mol. The second-order valence-corrected chi connectivity index (χ2v) is 7.05. The maximum absolute atomic E-state index is 12.2. The van der Waals surface area contributed by atoms with E-state index in [0.717, 1.165) is 21.4 Å².